The number of amides is 1. The molecule has 1 aromatic carbocycles. The monoisotopic (exact) mass is 264 g/mol. The van der Waals surface area contributed by atoms with Crippen LogP contribution in [0.1, 0.15) is 11.3 Å². The van der Waals surface area contributed by atoms with E-state index in [0.29, 0.717) is 16.5 Å². The van der Waals surface area contributed by atoms with Crippen LogP contribution >= 0.6 is 11.6 Å². The Hall–Kier alpha value is -2.01. The number of aromatic amines is 1. The fraction of sp³-hybridized carbons (Fsp3) is 0.167. The molecule has 0 spiro atoms. The Morgan fingerprint density at radius 3 is 2.94 bits per heavy atom. The molecular formula is C12H13ClN4O. The second kappa shape index (κ2) is 5.10. The Bertz CT molecular complexity index is 579. The van der Waals surface area contributed by atoms with Crippen LogP contribution in [0, 0.1) is 6.92 Å². The number of nitrogen functional groups attached to an aromatic ring is 1. The molecule has 1 heterocycles. The summed E-state index contributed by atoms with van der Waals surface area (Å²) in [5.74, 6) is 0.176. The molecule has 0 unspecified atom stereocenters. The zero-order valence-electron chi connectivity index (χ0n) is 9.83. The van der Waals surface area contributed by atoms with Gasteiger partial charge in [-0.3, -0.25) is 9.89 Å². The second-order valence-corrected chi connectivity index (χ2v) is 4.40. The zero-order chi connectivity index (χ0) is 13.1. The van der Waals surface area contributed by atoms with E-state index in [1.165, 1.54) is 0 Å². The van der Waals surface area contributed by atoms with E-state index in [1.807, 2.05) is 6.07 Å². The van der Waals surface area contributed by atoms with Crippen LogP contribution in [-0.2, 0) is 11.2 Å². The van der Waals surface area contributed by atoms with E-state index >= 15 is 0 Å². The highest BCUT2D eigenvalue weighted by molar-refractivity contribution is 6.30. The molecule has 0 aliphatic carbocycles. The van der Waals surface area contributed by atoms with Gasteiger partial charge in [-0.25, -0.2) is 0 Å². The average Bonchev–Trinajstić information content (AvgIpc) is 2.61. The maximum absolute atomic E-state index is 11.8. The van der Waals surface area contributed by atoms with Crippen molar-refractivity contribution in [2.24, 2.45) is 0 Å². The smallest absolute Gasteiger partial charge is 0.230 e. The van der Waals surface area contributed by atoms with Crippen LogP contribution in [0.25, 0.3) is 0 Å². The highest BCUT2D eigenvalue weighted by atomic mass is 35.5. The summed E-state index contributed by atoms with van der Waals surface area (Å²) < 4.78 is 0. The first-order chi connectivity index (χ1) is 8.56. The van der Waals surface area contributed by atoms with Crippen LogP contribution in [0.4, 0.5) is 11.5 Å². The maximum Gasteiger partial charge on any atom is 0.230 e. The molecule has 4 N–H and O–H groups in total. The first-order valence-corrected chi connectivity index (χ1v) is 5.79. The number of nitrogens with one attached hydrogen (secondary N) is 2. The minimum Gasteiger partial charge on any atom is -0.394 e. The molecule has 0 aliphatic rings. The van der Waals surface area contributed by atoms with Crippen molar-refractivity contribution in [3.05, 3.63) is 40.5 Å². The van der Waals surface area contributed by atoms with Gasteiger partial charge in [-0.15, -0.1) is 0 Å². The predicted octanol–water partition coefficient (Wildman–Crippen LogP) is 2.13. The van der Waals surface area contributed by atoms with E-state index in [0.717, 1.165) is 11.3 Å². The van der Waals surface area contributed by atoms with Gasteiger partial charge in [0.2, 0.25) is 5.91 Å². The summed E-state index contributed by atoms with van der Waals surface area (Å²) in [6, 6.07) is 7.15. The van der Waals surface area contributed by atoms with Gasteiger partial charge in [-0.2, -0.15) is 5.10 Å². The van der Waals surface area contributed by atoms with E-state index in [1.54, 1.807) is 25.1 Å². The number of hydrogen-bond donors (Lipinski definition) is 3. The van der Waals surface area contributed by atoms with Crippen molar-refractivity contribution < 1.29 is 4.79 Å². The van der Waals surface area contributed by atoms with E-state index in [2.05, 4.69) is 15.5 Å². The van der Waals surface area contributed by atoms with Crippen LogP contribution in [0.2, 0.25) is 5.02 Å². The Balaban J connectivity index is 2.03. The number of carbonyl (C=O) groups excluding carboxylic acids is 1. The van der Waals surface area contributed by atoms with Gasteiger partial charge in [0.25, 0.3) is 0 Å². The number of aryl methyl sites for hydroxylation is 1. The van der Waals surface area contributed by atoms with Gasteiger partial charge in [0.15, 0.2) is 5.82 Å². The van der Waals surface area contributed by atoms with E-state index in [9.17, 15) is 4.79 Å². The van der Waals surface area contributed by atoms with Crippen LogP contribution in [0.5, 0.6) is 0 Å². The van der Waals surface area contributed by atoms with Crippen molar-refractivity contribution in [2.75, 3.05) is 11.1 Å². The SMILES string of the molecule is Cc1[nH]nc(NC(=O)Cc2cccc(Cl)c2)c1N. The Morgan fingerprint density at radius 2 is 2.33 bits per heavy atom. The van der Waals surface area contributed by atoms with Crippen LogP contribution < -0.4 is 11.1 Å². The lowest BCUT2D eigenvalue weighted by molar-refractivity contribution is -0.115. The van der Waals surface area contributed by atoms with Crippen molar-refractivity contribution in [1.82, 2.24) is 10.2 Å². The van der Waals surface area contributed by atoms with Gasteiger partial charge in [0.1, 0.15) is 0 Å². The van der Waals surface area contributed by atoms with Crippen molar-refractivity contribution in [3.63, 3.8) is 0 Å². The number of carbonyl (C=O) groups is 1. The maximum atomic E-state index is 11.8. The lowest BCUT2D eigenvalue weighted by Crippen LogP contribution is -2.15. The number of aromatic nitrogens is 2. The minimum atomic E-state index is -0.185. The fourth-order valence-corrected chi connectivity index (χ4v) is 1.75. The van der Waals surface area contributed by atoms with Crippen LogP contribution in [-0.4, -0.2) is 16.1 Å². The molecule has 0 saturated heterocycles. The first kappa shape index (κ1) is 12.4. The average molecular weight is 265 g/mol. The van der Waals surface area contributed by atoms with Gasteiger partial charge >= 0.3 is 0 Å². The zero-order valence-corrected chi connectivity index (χ0v) is 10.6. The number of anilines is 2. The third-order valence-corrected chi connectivity index (χ3v) is 2.74. The molecule has 2 aromatic rings. The molecular weight excluding hydrogens is 252 g/mol. The summed E-state index contributed by atoms with van der Waals surface area (Å²) >= 11 is 5.85. The van der Waals surface area contributed by atoms with Gasteiger partial charge in [0.05, 0.1) is 17.8 Å². The molecule has 0 fully saturated rings. The largest absolute Gasteiger partial charge is 0.394 e. The normalized spacial score (nSPS) is 10.3. The summed E-state index contributed by atoms with van der Waals surface area (Å²) in [4.78, 5) is 11.8. The molecule has 0 radical (unpaired) electrons. The summed E-state index contributed by atoms with van der Waals surface area (Å²) in [6.07, 6.45) is 0.228. The molecule has 5 nitrogen and oxygen atoms in total. The van der Waals surface area contributed by atoms with E-state index in [-0.39, 0.29) is 12.3 Å². The summed E-state index contributed by atoms with van der Waals surface area (Å²) in [5, 5.41) is 9.87. The van der Waals surface area contributed by atoms with Crippen LogP contribution in [0.15, 0.2) is 24.3 Å². The number of nitrogens with two attached hydrogens (primary N) is 1. The third kappa shape index (κ3) is 2.81. The quantitative estimate of drug-likeness (QED) is 0.794. The third-order valence-electron chi connectivity index (χ3n) is 2.51. The summed E-state index contributed by atoms with van der Waals surface area (Å²) in [5.41, 5.74) is 7.76. The number of H-pyrrole nitrogens is 1. The lowest BCUT2D eigenvalue weighted by Gasteiger charge is -2.03. The van der Waals surface area contributed by atoms with Crippen molar-refractivity contribution in [2.45, 2.75) is 13.3 Å². The number of hydrogen-bond acceptors (Lipinski definition) is 3. The molecule has 6 heteroatoms. The molecule has 0 saturated carbocycles. The van der Waals surface area contributed by atoms with Gasteiger partial charge in [-0.1, -0.05) is 23.7 Å². The molecule has 0 bridgehead atoms. The summed E-state index contributed by atoms with van der Waals surface area (Å²) in [6.45, 7) is 1.79. The second-order valence-electron chi connectivity index (χ2n) is 3.97. The van der Waals surface area contributed by atoms with Crippen molar-refractivity contribution in [3.8, 4) is 0 Å². The van der Waals surface area contributed by atoms with Crippen LogP contribution in [0.3, 0.4) is 0 Å². The predicted molar refractivity (Wildman–Crippen MR) is 71.5 cm³/mol. The Labute approximate surface area is 109 Å². The standard InChI is InChI=1S/C12H13ClN4O/c1-7-11(14)12(17-16-7)15-10(18)6-8-3-2-4-9(13)5-8/h2-5H,6,14H2,1H3,(H2,15,16,17,18). The minimum absolute atomic E-state index is 0.185. The molecule has 94 valence electrons. The lowest BCUT2D eigenvalue weighted by atomic mass is 10.1. The van der Waals surface area contributed by atoms with Crippen molar-refractivity contribution in [1.29, 1.82) is 0 Å². The fourth-order valence-electron chi connectivity index (χ4n) is 1.54. The molecule has 18 heavy (non-hydrogen) atoms. The van der Waals surface area contributed by atoms with Gasteiger partial charge < -0.3 is 11.1 Å². The number of halogens is 1. The number of rotatable bonds is 3. The van der Waals surface area contributed by atoms with Gasteiger partial charge in [0, 0.05) is 5.02 Å². The first-order valence-electron chi connectivity index (χ1n) is 5.41. The molecule has 0 atom stereocenters. The van der Waals surface area contributed by atoms with E-state index < -0.39 is 0 Å². The molecule has 1 amide bonds. The molecule has 2 rings (SSSR count). The Kier molecular flexibility index (Phi) is 3.53. The van der Waals surface area contributed by atoms with Crippen molar-refractivity contribution >= 4 is 29.0 Å². The number of nitrogens with zero attached hydrogens (tertiary/aromatic N) is 1. The van der Waals surface area contributed by atoms with E-state index in [4.69, 9.17) is 17.3 Å². The highest BCUT2D eigenvalue weighted by Gasteiger charge is 2.10. The Morgan fingerprint density at radius 1 is 1.56 bits per heavy atom. The molecule has 0 aliphatic heterocycles. The highest BCUT2D eigenvalue weighted by Crippen LogP contribution is 2.18. The summed E-state index contributed by atoms with van der Waals surface area (Å²) in [7, 11) is 0. The number of benzene rings is 1. The topological polar surface area (TPSA) is 83.8 Å². The molecule has 1 aromatic heterocycles. The van der Waals surface area contributed by atoms with Gasteiger partial charge in [-0.05, 0) is 24.6 Å².